The number of carboxylic acid groups (broad SMARTS) is 1. The Hall–Kier alpha value is -3.55. The highest BCUT2D eigenvalue weighted by molar-refractivity contribution is 7.98. The fourth-order valence-corrected chi connectivity index (χ4v) is 5.98. The van der Waals surface area contributed by atoms with Crippen LogP contribution in [0.25, 0.3) is 0 Å². The van der Waals surface area contributed by atoms with Crippen LogP contribution in [-0.4, -0.2) is 19.5 Å². The number of anilines is 2. The van der Waals surface area contributed by atoms with Crippen LogP contribution in [0.3, 0.4) is 0 Å². The van der Waals surface area contributed by atoms with Crippen molar-refractivity contribution in [3.8, 4) is 0 Å². The Morgan fingerprint density at radius 2 is 1.27 bits per heavy atom. The number of aromatic carboxylic acids is 1. The van der Waals surface area contributed by atoms with Gasteiger partial charge >= 0.3 is 5.97 Å². The Balaban J connectivity index is 1.77. The van der Waals surface area contributed by atoms with E-state index < -0.39 is 16.0 Å². The van der Waals surface area contributed by atoms with Gasteiger partial charge in [-0.3, -0.25) is 0 Å². The maximum absolute atomic E-state index is 13.8. The lowest BCUT2D eigenvalue weighted by Crippen LogP contribution is -2.26. The highest BCUT2D eigenvalue weighted by Gasteiger charge is 2.28. The summed E-state index contributed by atoms with van der Waals surface area (Å²) in [7, 11) is -4.03. The van der Waals surface area contributed by atoms with Crippen LogP contribution >= 0.6 is 11.8 Å². The molecule has 0 radical (unpaired) electrons. The first kappa shape index (κ1) is 22.6. The van der Waals surface area contributed by atoms with Crippen LogP contribution in [0.15, 0.2) is 119 Å². The van der Waals surface area contributed by atoms with Gasteiger partial charge in [-0.2, -0.15) is 0 Å². The number of nitrogens with zero attached hydrogens (tertiary/aromatic N) is 1. The first-order chi connectivity index (χ1) is 16.0. The number of hydrogen-bond acceptors (Lipinski definition) is 4. The molecule has 4 aromatic rings. The third-order valence-electron chi connectivity index (χ3n) is 4.94. The summed E-state index contributed by atoms with van der Waals surface area (Å²) in [5, 5.41) is 9.65. The zero-order valence-electron chi connectivity index (χ0n) is 17.5. The Bertz CT molecular complexity index is 1300. The summed E-state index contributed by atoms with van der Waals surface area (Å²) in [6, 6.07) is 31.4. The summed E-state index contributed by atoms with van der Waals surface area (Å²) in [6.45, 7) is 0. The Labute approximate surface area is 197 Å². The maximum Gasteiger partial charge on any atom is 0.336 e. The molecule has 4 rings (SSSR count). The van der Waals surface area contributed by atoms with Crippen molar-refractivity contribution in [1.29, 1.82) is 0 Å². The van der Waals surface area contributed by atoms with Crippen LogP contribution in [0.4, 0.5) is 11.4 Å². The van der Waals surface area contributed by atoms with Crippen LogP contribution in [0.2, 0.25) is 0 Å². The maximum atomic E-state index is 13.8. The van der Waals surface area contributed by atoms with Crippen LogP contribution in [0, 0.1) is 0 Å². The minimum atomic E-state index is -4.03. The molecule has 0 aliphatic heterocycles. The van der Waals surface area contributed by atoms with Gasteiger partial charge in [-0.25, -0.2) is 17.5 Å². The van der Waals surface area contributed by atoms with Crippen molar-refractivity contribution in [3.63, 3.8) is 0 Å². The molecule has 0 aliphatic rings. The van der Waals surface area contributed by atoms with Crippen molar-refractivity contribution in [2.24, 2.45) is 0 Å². The standard InChI is InChI=1S/C26H21NO4S2/c28-26(29)24-17-16-23(18-25(24)32-19-20-10-4-1-5-11-20)33(30,31)27(21-12-6-2-7-13-21)22-14-8-3-9-15-22/h1-18H,19H2,(H,28,29). The SMILES string of the molecule is O=C(O)c1ccc(S(=O)(=O)N(c2ccccc2)c2ccccc2)cc1SCc1ccccc1. The molecule has 7 heteroatoms. The van der Waals surface area contributed by atoms with Gasteiger partial charge in [0.05, 0.1) is 21.8 Å². The normalized spacial score (nSPS) is 11.2. The summed E-state index contributed by atoms with van der Waals surface area (Å²) < 4.78 is 28.9. The molecule has 166 valence electrons. The van der Waals surface area contributed by atoms with E-state index in [1.165, 1.54) is 34.3 Å². The first-order valence-corrected chi connectivity index (χ1v) is 12.6. The zero-order valence-corrected chi connectivity index (χ0v) is 19.2. The zero-order chi connectivity index (χ0) is 23.3. The van der Waals surface area contributed by atoms with E-state index >= 15 is 0 Å². The minimum absolute atomic E-state index is 0.0239. The second-order valence-corrected chi connectivity index (χ2v) is 9.98. The van der Waals surface area contributed by atoms with Gasteiger partial charge in [0, 0.05) is 10.6 Å². The molecule has 0 fully saturated rings. The average Bonchev–Trinajstić information content (AvgIpc) is 2.84. The van der Waals surface area contributed by atoms with E-state index in [9.17, 15) is 18.3 Å². The number of carboxylic acids is 1. The van der Waals surface area contributed by atoms with E-state index in [1.807, 2.05) is 42.5 Å². The summed E-state index contributed by atoms with van der Waals surface area (Å²) >= 11 is 1.30. The minimum Gasteiger partial charge on any atom is -0.478 e. The van der Waals surface area contributed by atoms with E-state index in [4.69, 9.17) is 0 Å². The highest BCUT2D eigenvalue weighted by atomic mass is 32.2. The topological polar surface area (TPSA) is 74.7 Å². The van der Waals surface area contributed by atoms with E-state index in [0.717, 1.165) is 5.56 Å². The number of benzene rings is 4. The number of rotatable bonds is 8. The second kappa shape index (κ2) is 9.94. The van der Waals surface area contributed by atoms with Gasteiger partial charge < -0.3 is 5.11 Å². The molecule has 0 aliphatic carbocycles. The number of sulfonamides is 1. The van der Waals surface area contributed by atoms with Gasteiger partial charge in [0.2, 0.25) is 0 Å². The summed E-state index contributed by atoms with van der Waals surface area (Å²) in [5.74, 6) is -0.580. The molecule has 0 bridgehead atoms. The number of hydrogen-bond donors (Lipinski definition) is 1. The molecule has 0 aromatic heterocycles. The van der Waals surface area contributed by atoms with Crippen molar-refractivity contribution in [1.82, 2.24) is 0 Å². The lowest BCUT2D eigenvalue weighted by Gasteiger charge is -2.25. The Kier molecular flexibility index (Phi) is 6.82. The molecule has 0 unspecified atom stereocenters. The summed E-state index contributed by atoms with van der Waals surface area (Å²) in [6.07, 6.45) is 0. The lowest BCUT2D eigenvalue weighted by atomic mass is 10.2. The highest BCUT2D eigenvalue weighted by Crippen LogP contribution is 2.35. The van der Waals surface area contributed by atoms with Crippen LogP contribution in [0.1, 0.15) is 15.9 Å². The van der Waals surface area contributed by atoms with Crippen molar-refractivity contribution < 1.29 is 18.3 Å². The van der Waals surface area contributed by atoms with Gasteiger partial charge in [0.1, 0.15) is 0 Å². The smallest absolute Gasteiger partial charge is 0.336 e. The Morgan fingerprint density at radius 1 is 0.758 bits per heavy atom. The van der Waals surface area contributed by atoms with Crippen molar-refractivity contribution in [3.05, 3.63) is 120 Å². The molecule has 4 aromatic carbocycles. The molecule has 33 heavy (non-hydrogen) atoms. The molecular formula is C26H21NO4S2. The van der Waals surface area contributed by atoms with Gasteiger partial charge in [-0.05, 0) is 48.0 Å². The molecule has 0 heterocycles. The van der Waals surface area contributed by atoms with Crippen molar-refractivity contribution >= 4 is 39.1 Å². The van der Waals surface area contributed by atoms with Gasteiger partial charge in [-0.15, -0.1) is 11.8 Å². The second-order valence-electron chi connectivity index (χ2n) is 7.18. The lowest BCUT2D eigenvalue weighted by molar-refractivity contribution is 0.0693. The molecule has 0 atom stereocenters. The molecule has 0 saturated heterocycles. The fraction of sp³-hybridized carbons (Fsp3) is 0.0385. The summed E-state index contributed by atoms with van der Waals surface area (Å²) in [4.78, 5) is 12.2. The third-order valence-corrected chi connectivity index (χ3v) is 7.82. The first-order valence-electron chi connectivity index (χ1n) is 10.2. The van der Waals surface area contributed by atoms with E-state index in [-0.39, 0.29) is 10.5 Å². The van der Waals surface area contributed by atoms with E-state index in [0.29, 0.717) is 22.0 Å². The molecule has 5 nitrogen and oxygen atoms in total. The van der Waals surface area contributed by atoms with E-state index in [1.54, 1.807) is 48.5 Å². The van der Waals surface area contributed by atoms with Gasteiger partial charge in [-0.1, -0.05) is 66.7 Å². The average molecular weight is 476 g/mol. The predicted molar refractivity (Wildman–Crippen MR) is 132 cm³/mol. The quantitative estimate of drug-likeness (QED) is 0.307. The Morgan fingerprint density at radius 3 is 1.79 bits per heavy atom. The molecule has 0 spiro atoms. The van der Waals surface area contributed by atoms with Gasteiger partial charge in [0.15, 0.2) is 0 Å². The van der Waals surface area contributed by atoms with Gasteiger partial charge in [0.25, 0.3) is 10.0 Å². The van der Waals surface area contributed by atoms with E-state index in [2.05, 4.69) is 0 Å². The fourth-order valence-electron chi connectivity index (χ4n) is 3.35. The predicted octanol–water partition coefficient (Wildman–Crippen LogP) is 6.20. The molecule has 0 saturated carbocycles. The van der Waals surface area contributed by atoms with Crippen molar-refractivity contribution in [2.45, 2.75) is 15.5 Å². The molecular weight excluding hydrogens is 454 g/mol. The number of carbonyl (C=O) groups is 1. The largest absolute Gasteiger partial charge is 0.478 e. The number of para-hydroxylation sites is 2. The number of thioether (sulfide) groups is 1. The summed E-state index contributed by atoms with van der Waals surface area (Å²) in [5.41, 5.74) is 2.07. The van der Waals surface area contributed by atoms with Crippen LogP contribution in [0.5, 0.6) is 0 Å². The third kappa shape index (κ3) is 5.10. The molecule has 0 amide bonds. The van der Waals surface area contributed by atoms with Crippen molar-refractivity contribution in [2.75, 3.05) is 4.31 Å². The van der Waals surface area contributed by atoms with Crippen LogP contribution < -0.4 is 4.31 Å². The monoisotopic (exact) mass is 475 g/mol. The molecule has 1 N–H and O–H groups in total. The van der Waals surface area contributed by atoms with Crippen LogP contribution in [-0.2, 0) is 15.8 Å².